The molecule has 1 heterocycles. The van der Waals surface area contributed by atoms with E-state index in [0.717, 1.165) is 22.1 Å². The van der Waals surface area contributed by atoms with Crippen LogP contribution in [0.1, 0.15) is 41.5 Å². The van der Waals surface area contributed by atoms with Crippen molar-refractivity contribution in [1.29, 1.82) is 0 Å². The van der Waals surface area contributed by atoms with Gasteiger partial charge < -0.3 is 11.5 Å². The van der Waals surface area contributed by atoms with E-state index in [9.17, 15) is 4.79 Å². The standard InChI is InChI=1S/C19H26N4O/c1-18(2,3)22-13-9-7-11(20)15-12(21)8-10-14(16(13)15)23(17(22)24)19(4,5)6/h7-10H,20-21H2,1-6H3. The summed E-state index contributed by atoms with van der Waals surface area (Å²) < 4.78 is 0. The molecule has 5 heteroatoms. The summed E-state index contributed by atoms with van der Waals surface area (Å²) in [6.07, 6.45) is 0. The Morgan fingerprint density at radius 2 is 1.08 bits per heavy atom. The second-order valence-electron chi connectivity index (χ2n) is 8.39. The number of benzene rings is 2. The van der Waals surface area contributed by atoms with Gasteiger partial charge >= 0.3 is 6.03 Å². The molecule has 1 aliphatic heterocycles. The third-order valence-corrected chi connectivity index (χ3v) is 4.39. The minimum Gasteiger partial charge on any atom is -0.398 e. The van der Waals surface area contributed by atoms with Gasteiger partial charge in [0.25, 0.3) is 0 Å². The Hall–Kier alpha value is -2.43. The summed E-state index contributed by atoms with van der Waals surface area (Å²) in [6.45, 7) is 12.2. The Balaban J connectivity index is 2.50. The van der Waals surface area contributed by atoms with Gasteiger partial charge in [-0.15, -0.1) is 0 Å². The molecular weight excluding hydrogens is 300 g/mol. The first-order chi connectivity index (χ1) is 10.9. The summed E-state index contributed by atoms with van der Waals surface area (Å²) in [6, 6.07) is 7.47. The van der Waals surface area contributed by atoms with Gasteiger partial charge in [-0.3, -0.25) is 9.80 Å². The summed E-state index contributed by atoms with van der Waals surface area (Å²) in [7, 11) is 0. The summed E-state index contributed by atoms with van der Waals surface area (Å²) in [4.78, 5) is 17.1. The quantitative estimate of drug-likeness (QED) is 0.707. The molecule has 24 heavy (non-hydrogen) atoms. The molecule has 0 bridgehead atoms. The fraction of sp³-hybridized carbons (Fsp3) is 0.421. The van der Waals surface area contributed by atoms with Crippen LogP contribution in [0.3, 0.4) is 0 Å². The maximum Gasteiger partial charge on any atom is 0.329 e. The van der Waals surface area contributed by atoms with Crippen LogP contribution < -0.4 is 21.3 Å². The largest absolute Gasteiger partial charge is 0.398 e. The highest BCUT2D eigenvalue weighted by Crippen LogP contribution is 2.48. The van der Waals surface area contributed by atoms with E-state index in [2.05, 4.69) is 0 Å². The van der Waals surface area contributed by atoms with Crippen LogP contribution in [-0.2, 0) is 0 Å². The highest BCUT2D eigenvalue weighted by atomic mass is 16.2. The Morgan fingerprint density at radius 3 is 1.42 bits per heavy atom. The lowest BCUT2D eigenvalue weighted by Gasteiger charge is -2.48. The van der Waals surface area contributed by atoms with E-state index in [0.29, 0.717) is 11.4 Å². The number of nitrogens with zero attached hydrogens (tertiary/aromatic N) is 2. The fourth-order valence-electron chi connectivity index (χ4n) is 3.49. The van der Waals surface area contributed by atoms with E-state index in [1.165, 1.54) is 0 Å². The third-order valence-electron chi connectivity index (χ3n) is 4.39. The van der Waals surface area contributed by atoms with Crippen LogP contribution in [0.4, 0.5) is 27.5 Å². The molecule has 5 nitrogen and oxygen atoms in total. The van der Waals surface area contributed by atoms with Crippen molar-refractivity contribution in [3.05, 3.63) is 24.3 Å². The van der Waals surface area contributed by atoms with Gasteiger partial charge in [0.1, 0.15) is 0 Å². The van der Waals surface area contributed by atoms with Crippen molar-refractivity contribution < 1.29 is 4.79 Å². The third kappa shape index (κ3) is 2.19. The molecule has 0 radical (unpaired) electrons. The number of anilines is 4. The van der Waals surface area contributed by atoms with E-state index < -0.39 is 0 Å². The molecule has 128 valence electrons. The predicted octanol–water partition coefficient (Wildman–Crippen LogP) is 4.35. The molecule has 2 amide bonds. The summed E-state index contributed by atoms with van der Waals surface area (Å²) in [5, 5.41) is 1.76. The zero-order chi connectivity index (χ0) is 18.0. The van der Waals surface area contributed by atoms with Crippen LogP contribution in [0.15, 0.2) is 24.3 Å². The molecule has 0 spiro atoms. The van der Waals surface area contributed by atoms with Gasteiger partial charge in [-0.25, -0.2) is 4.79 Å². The van der Waals surface area contributed by atoms with Crippen LogP contribution in [-0.4, -0.2) is 17.1 Å². The van der Waals surface area contributed by atoms with Crippen molar-refractivity contribution in [1.82, 2.24) is 0 Å². The second-order valence-corrected chi connectivity index (χ2v) is 8.39. The van der Waals surface area contributed by atoms with Crippen LogP contribution in [0, 0.1) is 0 Å². The van der Waals surface area contributed by atoms with Crippen molar-refractivity contribution in [2.75, 3.05) is 21.3 Å². The smallest absolute Gasteiger partial charge is 0.329 e. The van der Waals surface area contributed by atoms with E-state index in [1.807, 2.05) is 75.6 Å². The predicted molar refractivity (Wildman–Crippen MR) is 103 cm³/mol. The maximum absolute atomic E-state index is 13.4. The number of amides is 2. The van der Waals surface area contributed by atoms with Gasteiger partial charge in [0.2, 0.25) is 0 Å². The summed E-state index contributed by atoms with van der Waals surface area (Å²) >= 11 is 0. The number of carbonyl (C=O) groups is 1. The fourth-order valence-corrected chi connectivity index (χ4v) is 3.49. The number of nitrogen functional groups attached to an aromatic ring is 2. The van der Waals surface area contributed by atoms with E-state index in [4.69, 9.17) is 11.5 Å². The Labute approximate surface area is 143 Å². The van der Waals surface area contributed by atoms with Gasteiger partial charge in [0, 0.05) is 33.2 Å². The van der Waals surface area contributed by atoms with E-state index in [1.54, 1.807) is 0 Å². The van der Waals surface area contributed by atoms with Crippen LogP contribution in [0.2, 0.25) is 0 Å². The van der Waals surface area contributed by atoms with Gasteiger partial charge in [-0.1, -0.05) is 0 Å². The van der Waals surface area contributed by atoms with Crippen molar-refractivity contribution >= 4 is 39.6 Å². The molecule has 0 saturated carbocycles. The van der Waals surface area contributed by atoms with Gasteiger partial charge in [0.15, 0.2) is 0 Å². The minimum absolute atomic E-state index is 0.0293. The molecule has 3 rings (SSSR count). The molecule has 2 aromatic carbocycles. The molecule has 0 saturated heterocycles. The zero-order valence-corrected chi connectivity index (χ0v) is 15.3. The lowest BCUT2D eigenvalue weighted by atomic mass is 9.93. The monoisotopic (exact) mass is 326 g/mol. The Bertz CT molecular complexity index is 778. The number of rotatable bonds is 0. The molecule has 0 aromatic heterocycles. The van der Waals surface area contributed by atoms with Gasteiger partial charge in [-0.05, 0) is 65.8 Å². The zero-order valence-electron chi connectivity index (χ0n) is 15.3. The normalized spacial score (nSPS) is 15.3. The first kappa shape index (κ1) is 16.4. The molecule has 2 aromatic rings. The molecule has 4 N–H and O–H groups in total. The van der Waals surface area contributed by atoms with Crippen LogP contribution >= 0.6 is 0 Å². The lowest BCUT2D eigenvalue weighted by molar-refractivity contribution is 0.241. The minimum atomic E-state index is -0.369. The van der Waals surface area contributed by atoms with Crippen molar-refractivity contribution in [3.63, 3.8) is 0 Å². The maximum atomic E-state index is 13.4. The number of hydrogen-bond acceptors (Lipinski definition) is 3. The van der Waals surface area contributed by atoms with E-state index in [-0.39, 0.29) is 17.1 Å². The summed E-state index contributed by atoms with van der Waals surface area (Å²) in [5.41, 5.74) is 14.7. The Kier molecular flexibility index (Phi) is 3.28. The van der Waals surface area contributed by atoms with E-state index >= 15 is 0 Å². The first-order valence-corrected chi connectivity index (χ1v) is 8.19. The SMILES string of the molecule is CC(C)(C)N1C(=O)N(C(C)(C)C)c2ccc(N)c3c(N)ccc1c23. The first-order valence-electron chi connectivity index (χ1n) is 8.19. The molecule has 1 aliphatic rings. The van der Waals surface area contributed by atoms with Crippen molar-refractivity contribution in [3.8, 4) is 0 Å². The highest BCUT2D eigenvalue weighted by Gasteiger charge is 2.42. The van der Waals surface area contributed by atoms with Crippen molar-refractivity contribution in [2.45, 2.75) is 52.6 Å². The topological polar surface area (TPSA) is 75.6 Å². The summed E-state index contributed by atoms with van der Waals surface area (Å²) in [5.74, 6) is 0. The molecule has 0 aliphatic carbocycles. The van der Waals surface area contributed by atoms with Gasteiger partial charge in [-0.2, -0.15) is 0 Å². The average Bonchev–Trinajstić information content (AvgIpc) is 2.41. The van der Waals surface area contributed by atoms with Crippen molar-refractivity contribution in [2.24, 2.45) is 0 Å². The molecule has 0 unspecified atom stereocenters. The Morgan fingerprint density at radius 1 is 0.708 bits per heavy atom. The number of urea groups is 1. The number of nitrogens with two attached hydrogens (primary N) is 2. The molecule has 0 fully saturated rings. The van der Waals surface area contributed by atoms with Crippen LogP contribution in [0.5, 0.6) is 0 Å². The molecule has 0 atom stereocenters. The lowest BCUT2D eigenvalue weighted by Crippen LogP contribution is -2.59. The second kappa shape index (κ2) is 4.79. The highest BCUT2D eigenvalue weighted by molar-refractivity contribution is 6.24. The average molecular weight is 326 g/mol. The van der Waals surface area contributed by atoms with Crippen LogP contribution in [0.25, 0.3) is 10.8 Å². The number of carbonyl (C=O) groups excluding carboxylic acids is 1. The van der Waals surface area contributed by atoms with Gasteiger partial charge in [0.05, 0.1) is 11.4 Å². The number of hydrogen-bond donors (Lipinski definition) is 2. The molecular formula is C19H26N4O.